The first-order valence-corrected chi connectivity index (χ1v) is 6.88. The summed E-state index contributed by atoms with van der Waals surface area (Å²) in [7, 11) is 0. The number of halogens is 1. The number of carbonyl (C=O) groups excluding carboxylic acids is 1. The number of nitro benzene ring substituents is 1. The van der Waals surface area contributed by atoms with Gasteiger partial charge >= 0.3 is 6.09 Å². The number of hydrogen-bond acceptors (Lipinski definition) is 4. The summed E-state index contributed by atoms with van der Waals surface area (Å²) in [4.78, 5) is 21.8. The Hall–Kier alpha value is -1.63. The summed E-state index contributed by atoms with van der Waals surface area (Å²) in [5.41, 5.74) is 0.228. The second-order valence-electron chi connectivity index (χ2n) is 5.19. The molecule has 0 aliphatic rings. The van der Waals surface area contributed by atoms with Crippen LogP contribution in [0.25, 0.3) is 0 Å². The van der Waals surface area contributed by atoms with Crippen molar-refractivity contribution >= 4 is 27.7 Å². The number of nitro groups is 1. The number of ether oxygens (including phenoxy) is 1. The summed E-state index contributed by atoms with van der Waals surface area (Å²) in [6.45, 7) is 5.69. The number of hydrogen-bond donors (Lipinski definition) is 1. The Morgan fingerprint density at radius 2 is 2.10 bits per heavy atom. The fourth-order valence-electron chi connectivity index (χ4n) is 1.51. The summed E-state index contributed by atoms with van der Waals surface area (Å²) >= 11 is 3.21. The van der Waals surface area contributed by atoms with E-state index in [9.17, 15) is 14.9 Å². The van der Waals surface area contributed by atoms with Crippen molar-refractivity contribution in [2.75, 3.05) is 6.54 Å². The molecule has 0 saturated heterocycles. The Morgan fingerprint density at radius 3 is 2.65 bits per heavy atom. The Morgan fingerprint density at radius 1 is 1.45 bits per heavy atom. The lowest BCUT2D eigenvalue weighted by Crippen LogP contribution is -2.33. The molecule has 110 valence electrons. The maximum Gasteiger partial charge on any atom is 0.407 e. The number of benzene rings is 1. The van der Waals surface area contributed by atoms with Gasteiger partial charge in [0.05, 0.1) is 9.40 Å². The van der Waals surface area contributed by atoms with Gasteiger partial charge in [0.25, 0.3) is 5.69 Å². The van der Waals surface area contributed by atoms with E-state index in [4.69, 9.17) is 4.74 Å². The van der Waals surface area contributed by atoms with Crippen molar-refractivity contribution in [1.29, 1.82) is 0 Å². The molecular formula is C13H17BrN2O4. The van der Waals surface area contributed by atoms with Crippen molar-refractivity contribution in [3.8, 4) is 0 Å². The molecule has 0 aromatic heterocycles. The lowest BCUT2D eigenvalue weighted by atomic mass is 10.1. The van der Waals surface area contributed by atoms with Crippen LogP contribution in [-0.4, -0.2) is 23.2 Å². The number of alkyl carbamates (subject to hydrolysis) is 1. The van der Waals surface area contributed by atoms with Crippen LogP contribution < -0.4 is 5.32 Å². The first kappa shape index (κ1) is 16.4. The second kappa shape index (κ2) is 6.69. The van der Waals surface area contributed by atoms with Crippen molar-refractivity contribution < 1.29 is 14.5 Å². The summed E-state index contributed by atoms with van der Waals surface area (Å²) in [5.74, 6) is 0. The molecule has 1 amide bonds. The standard InChI is InChI=1S/C13H17BrN2O4/c1-13(2,3)20-12(17)15-8-7-9-5-4-6-10(11(9)14)16(18)19/h4-6H,7-8H2,1-3H3,(H,15,17). The summed E-state index contributed by atoms with van der Waals surface area (Å²) in [6, 6.07) is 4.81. The summed E-state index contributed by atoms with van der Waals surface area (Å²) < 4.78 is 5.54. The topological polar surface area (TPSA) is 81.5 Å². The van der Waals surface area contributed by atoms with Crippen LogP contribution >= 0.6 is 15.9 Å². The fourth-order valence-corrected chi connectivity index (χ4v) is 2.12. The van der Waals surface area contributed by atoms with Gasteiger partial charge in [-0.05, 0) is 48.7 Å². The van der Waals surface area contributed by atoms with E-state index >= 15 is 0 Å². The van der Waals surface area contributed by atoms with E-state index in [1.54, 1.807) is 32.9 Å². The molecule has 1 aromatic carbocycles. The smallest absolute Gasteiger partial charge is 0.407 e. The number of nitrogens with zero attached hydrogens (tertiary/aromatic N) is 1. The molecule has 0 atom stereocenters. The Balaban J connectivity index is 2.57. The van der Waals surface area contributed by atoms with E-state index in [1.165, 1.54) is 6.07 Å². The lowest BCUT2D eigenvalue weighted by molar-refractivity contribution is -0.385. The van der Waals surface area contributed by atoms with Crippen molar-refractivity contribution in [3.05, 3.63) is 38.3 Å². The van der Waals surface area contributed by atoms with E-state index in [2.05, 4.69) is 21.2 Å². The molecule has 1 N–H and O–H groups in total. The molecule has 7 heteroatoms. The highest BCUT2D eigenvalue weighted by Gasteiger charge is 2.17. The van der Waals surface area contributed by atoms with Crippen molar-refractivity contribution in [1.82, 2.24) is 5.32 Å². The third-order valence-electron chi connectivity index (χ3n) is 2.32. The molecule has 0 radical (unpaired) electrons. The minimum Gasteiger partial charge on any atom is -0.444 e. The molecule has 0 aliphatic heterocycles. The average molecular weight is 345 g/mol. The third kappa shape index (κ3) is 5.16. The molecule has 0 aliphatic carbocycles. The van der Waals surface area contributed by atoms with Gasteiger partial charge in [-0.15, -0.1) is 0 Å². The molecule has 0 fully saturated rings. The van der Waals surface area contributed by atoms with Crippen LogP contribution in [-0.2, 0) is 11.2 Å². The zero-order valence-electron chi connectivity index (χ0n) is 11.6. The van der Waals surface area contributed by atoms with Crippen molar-refractivity contribution in [2.24, 2.45) is 0 Å². The highest BCUT2D eigenvalue weighted by atomic mass is 79.9. The largest absolute Gasteiger partial charge is 0.444 e. The van der Waals surface area contributed by atoms with Crippen LogP contribution in [0.4, 0.5) is 10.5 Å². The highest BCUT2D eigenvalue weighted by molar-refractivity contribution is 9.10. The van der Waals surface area contributed by atoms with Crippen LogP contribution in [0.5, 0.6) is 0 Å². The second-order valence-corrected chi connectivity index (χ2v) is 5.98. The van der Waals surface area contributed by atoms with Crippen LogP contribution in [0.3, 0.4) is 0 Å². The number of amides is 1. The minimum absolute atomic E-state index is 0.0137. The van der Waals surface area contributed by atoms with E-state index in [-0.39, 0.29) is 5.69 Å². The zero-order valence-corrected chi connectivity index (χ0v) is 13.2. The van der Waals surface area contributed by atoms with E-state index in [0.717, 1.165) is 5.56 Å². The Labute approximate surface area is 125 Å². The van der Waals surface area contributed by atoms with Gasteiger partial charge in [0.1, 0.15) is 5.60 Å². The predicted molar refractivity (Wildman–Crippen MR) is 78.7 cm³/mol. The minimum atomic E-state index is -0.545. The Kier molecular flexibility index (Phi) is 5.50. The lowest BCUT2D eigenvalue weighted by Gasteiger charge is -2.19. The molecule has 0 bridgehead atoms. The van der Waals surface area contributed by atoms with Gasteiger partial charge in [0.2, 0.25) is 0 Å². The molecule has 0 spiro atoms. The molecule has 1 aromatic rings. The van der Waals surface area contributed by atoms with Gasteiger partial charge in [0, 0.05) is 12.6 Å². The normalized spacial score (nSPS) is 11.0. The van der Waals surface area contributed by atoms with Crippen LogP contribution in [0, 0.1) is 10.1 Å². The van der Waals surface area contributed by atoms with Crippen molar-refractivity contribution in [3.63, 3.8) is 0 Å². The summed E-state index contributed by atoms with van der Waals surface area (Å²) in [6.07, 6.45) is -0.0272. The van der Waals surface area contributed by atoms with Gasteiger partial charge in [0.15, 0.2) is 0 Å². The van der Waals surface area contributed by atoms with Gasteiger partial charge in [-0.25, -0.2) is 4.79 Å². The fraction of sp³-hybridized carbons (Fsp3) is 0.462. The SMILES string of the molecule is CC(C)(C)OC(=O)NCCc1cccc([N+](=O)[O-])c1Br. The molecule has 0 unspecified atom stereocenters. The molecular weight excluding hydrogens is 328 g/mol. The number of nitrogens with one attached hydrogen (secondary N) is 1. The number of carbonyl (C=O) groups is 1. The molecule has 6 nitrogen and oxygen atoms in total. The predicted octanol–water partition coefficient (Wildman–Crippen LogP) is 3.42. The third-order valence-corrected chi connectivity index (χ3v) is 3.23. The first-order valence-electron chi connectivity index (χ1n) is 6.09. The molecule has 0 heterocycles. The van der Waals surface area contributed by atoms with Gasteiger partial charge in [-0.3, -0.25) is 10.1 Å². The van der Waals surface area contributed by atoms with Gasteiger partial charge in [-0.2, -0.15) is 0 Å². The monoisotopic (exact) mass is 344 g/mol. The van der Waals surface area contributed by atoms with Crippen LogP contribution in [0.15, 0.2) is 22.7 Å². The van der Waals surface area contributed by atoms with E-state index in [0.29, 0.717) is 17.4 Å². The average Bonchev–Trinajstić information content (AvgIpc) is 2.28. The molecule has 0 saturated carbocycles. The molecule has 1 rings (SSSR count). The first-order chi connectivity index (χ1) is 9.20. The van der Waals surface area contributed by atoms with Crippen molar-refractivity contribution in [2.45, 2.75) is 32.8 Å². The zero-order chi connectivity index (χ0) is 15.3. The van der Waals surface area contributed by atoms with Crippen LogP contribution in [0.2, 0.25) is 0 Å². The number of rotatable bonds is 4. The van der Waals surface area contributed by atoms with Gasteiger partial charge in [-0.1, -0.05) is 12.1 Å². The highest BCUT2D eigenvalue weighted by Crippen LogP contribution is 2.28. The summed E-state index contributed by atoms with van der Waals surface area (Å²) in [5, 5.41) is 13.4. The van der Waals surface area contributed by atoms with Gasteiger partial charge < -0.3 is 10.1 Å². The maximum atomic E-state index is 11.5. The Bertz CT molecular complexity index is 512. The van der Waals surface area contributed by atoms with E-state index < -0.39 is 16.6 Å². The molecule has 20 heavy (non-hydrogen) atoms. The van der Waals surface area contributed by atoms with Crippen LogP contribution in [0.1, 0.15) is 26.3 Å². The maximum absolute atomic E-state index is 11.5. The quantitative estimate of drug-likeness (QED) is 0.670. The van der Waals surface area contributed by atoms with E-state index in [1.807, 2.05) is 0 Å².